The molecule has 1 atom stereocenters. The number of rotatable bonds is 4. The van der Waals surface area contributed by atoms with Crippen LogP contribution < -0.4 is 10.2 Å². The molecule has 3 rings (SSSR count). The van der Waals surface area contributed by atoms with Crippen molar-refractivity contribution in [2.45, 2.75) is 19.8 Å². The van der Waals surface area contributed by atoms with Gasteiger partial charge in [-0.3, -0.25) is 4.98 Å². The van der Waals surface area contributed by atoms with Crippen molar-refractivity contribution >= 4 is 11.7 Å². The first kappa shape index (κ1) is 17.0. The van der Waals surface area contributed by atoms with Crippen LogP contribution in [0.4, 0.5) is 10.5 Å². The minimum Gasteiger partial charge on any atom is -0.367 e. The van der Waals surface area contributed by atoms with Crippen molar-refractivity contribution in [2.75, 3.05) is 57.3 Å². The number of amides is 2. The molecule has 0 saturated carbocycles. The molecule has 1 aromatic rings. The zero-order chi connectivity index (χ0) is 16.8. The summed E-state index contributed by atoms with van der Waals surface area (Å²) < 4.78 is 0. The molecule has 2 saturated heterocycles. The number of anilines is 1. The second kappa shape index (κ2) is 8.33. The Bertz CT molecular complexity index is 515. The Morgan fingerprint density at radius 2 is 2.12 bits per heavy atom. The van der Waals surface area contributed by atoms with Gasteiger partial charge in [0.1, 0.15) is 0 Å². The minimum absolute atomic E-state index is 0.0921. The molecule has 1 aromatic heterocycles. The van der Waals surface area contributed by atoms with E-state index in [0.717, 1.165) is 51.5 Å². The number of hydrogen-bond donors (Lipinski definition) is 1. The highest BCUT2D eigenvalue weighted by molar-refractivity contribution is 5.74. The summed E-state index contributed by atoms with van der Waals surface area (Å²) in [6, 6.07) is 4.12. The summed E-state index contributed by atoms with van der Waals surface area (Å²) in [5.74, 6) is 0.597. The molecule has 6 nitrogen and oxygen atoms in total. The molecule has 0 unspecified atom stereocenters. The molecule has 0 spiro atoms. The Balaban J connectivity index is 1.41. The van der Waals surface area contributed by atoms with Crippen molar-refractivity contribution in [3.63, 3.8) is 0 Å². The predicted molar refractivity (Wildman–Crippen MR) is 96.3 cm³/mol. The highest BCUT2D eigenvalue weighted by Crippen LogP contribution is 2.16. The van der Waals surface area contributed by atoms with E-state index in [4.69, 9.17) is 0 Å². The van der Waals surface area contributed by atoms with Gasteiger partial charge < -0.3 is 20.0 Å². The summed E-state index contributed by atoms with van der Waals surface area (Å²) in [7, 11) is 0. The normalized spacial score (nSPS) is 22.5. The van der Waals surface area contributed by atoms with Crippen LogP contribution in [0.2, 0.25) is 0 Å². The number of carbonyl (C=O) groups excluding carboxylic acids is 1. The first-order valence-electron chi connectivity index (χ1n) is 9.16. The standard InChI is InChI=1S/C18H29N5O/c1-2-21-8-4-5-16(15-21)13-20-18(24)23-11-9-22(10-12-23)17-6-3-7-19-14-17/h3,6-7,14,16H,2,4-5,8-13,15H2,1H3,(H,20,24)/t16-/m1/s1. The zero-order valence-corrected chi connectivity index (χ0v) is 14.7. The van der Waals surface area contributed by atoms with Crippen LogP contribution in [0.1, 0.15) is 19.8 Å². The number of pyridine rings is 1. The number of piperazine rings is 1. The Morgan fingerprint density at radius 3 is 2.83 bits per heavy atom. The van der Waals surface area contributed by atoms with Crippen LogP contribution in [0.5, 0.6) is 0 Å². The lowest BCUT2D eigenvalue weighted by Gasteiger charge is -2.36. The second-order valence-corrected chi connectivity index (χ2v) is 6.77. The molecule has 0 aliphatic carbocycles. The number of piperidine rings is 1. The van der Waals surface area contributed by atoms with Crippen molar-refractivity contribution in [2.24, 2.45) is 5.92 Å². The van der Waals surface area contributed by atoms with Crippen LogP contribution in [0.3, 0.4) is 0 Å². The van der Waals surface area contributed by atoms with Crippen molar-refractivity contribution in [1.82, 2.24) is 20.1 Å². The van der Waals surface area contributed by atoms with Gasteiger partial charge in [0.25, 0.3) is 0 Å². The zero-order valence-electron chi connectivity index (χ0n) is 14.7. The Hall–Kier alpha value is -1.82. The van der Waals surface area contributed by atoms with Crippen LogP contribution >= 0.6 is 0 Å². The van der Waals surface area contributed by atoms with Crippen molar-refractivity contribution in [3.8, 4) is 0 Å². The molecular weight excluding hydrogens is 302 g/mol. The number of carbonyl (C=O) groups is 1. The summed E-state index contributed by atoms with van der Waals surface area (Å²) in [5.41, 5.74) is 1.14. The molecule has 2 fully saturated rings. The van der Waals surface area contributed by atoms with Gasteiger partial charge in [-0.25, -0.2) is 4.79 Å². The third-order valence-corrected chi connectivity index (χ3v) is 5.17. The number of likely N-dealkylation sites (tertiary alicyclic amines) is 1. The third-order valence-electron chi connectivity index (χ3n) is 5.17. The summed E-state index contributed by atoms with van der Waals surface area (Å²) in [6.07, 6.45) is 6.15. The first-order valence-corrected chi connectivity index (χ1v) is 9.16. The lowest BCUT2D eigenvalue weighted by Crippen LogP contribution is -2.53. The molecule has 1 N–H and O–H groups in total. The largest absolute Gasteiger partial charge is 0.367 e. The maximum absolute atomic E-state index is 12.4. The number of nitrogens with zero attached hydrogens (tertiary/aromatic N) is 4. The molecule has 2 aliphatic heterocycles. The maximum Gasteiger partial charge on any atom is 0.317 e. The van der Waals surface area contributed by atoms with Crippen molar-refractivity contribution in [3.05, 3.63) is 24.5 Å². The summed E-state index contributed by atoms with van der Waals surface area (Å²) in [4.78, 5) is 23.3. The van der Waals surface area contributed by atoms with Gasteiger partial charge in [0, 0.05) is 45.5 Å². The van der Waals surface area contributed by atoms with Crippen LogP contribution in [-0.4, -0.2) is 73.2 Å². The number of nitrogens with one attached hydrogen (secondary N) is 1. The Labute approximate surface area is 144 Å². The average Bonchev–Trinajstić information content (AvgIpc) is 2.67. The van der Waals surface area contributed by atoms with Gasteiger partial charge >= 0.3 is 6.03 Å². The fraction of sp³-hybridized carbons (Fsp3) is 0.667. The molecule has 2 aliphatic rings. The highest BCUT2D eigenvalue weighted by atomic mass is 16.2. The van der Waals surface area contributed by atoms with E-state index in [1.54, 1.807) is 6.20 Å². The van der Waals surface area contributed by atoms with Gasteiger partial charge in [-0.2, -0.15) is 0 Å². The molecule has 3 heterocycles. The van der Waals surface area contributed by atoms with Gasteiger partial charge in [0.05, 0.1) is 11.9 Å². The predicted octanol–water partition coefficient (Wildman–Crippen LogP) is 1.65. The first-order chi connectivity index (χ1) is 11.8. The molecule has 0 aromatic carbocycles. The summed E-state index contributed by atoms with van der Waals surface area (Å²) >= 11 is 0. The van der Waals surface area contributed by atoms with E-state index >= 15 is 0 Å². The molecule has 0 radical (unpaired) electrons. The maximum atomic E-state index is 12.4. The molecular formula is C18H29N5O. The van der Waals surface area contributed by atoms with Crippen LogP contribution in [0, 0.1) is 5.92 Å². The average molecular weight is 331 g/mol. The molecule has 2 amide bonds. The van der Waals surface area contributed by atoms with Gasteiger partial charge in [0.15, 0.2) is 0 Å². The second-order valence-electron chi connectivity index (χ2n) is 6.77. The van der Waals surface area contributed by atoms with Gasteiger partial charge in [-0.15, -0.1) is 0 Å². The Kier molecular flexibility index (Phi) is 5.91. The van der Waals surface area contributed by atoms with Gasteiger partial charge in [-0.1, -0.05) is 6.92 Å². The summed E-state index contributed by atoms with van der Waals surface area (Å²) in [5, 5.41) is 3.15. The van der Waals surface area contributed by atoms with Crippen LogP contribution in [0.15, 0.2) is 24.5 Å². The summed E-state index contributed by atoms with van der Waals surface area (Å²) in [6.45, 7) is 9.72. The van der Waals surface area contributed by atoms with Crippen molar-refractivity contribution in [1.29, 1.82) is 0 Å². The van der Waals surface area contributed by atoms with E-state index in [2.05, 4.69) is 33.1 Å². The monoisotopic (exact) mass is 331 g/mol. The lowest BCUT2D eigenvalue weighted by atomic mass is 9.98. The smallest absolute Gasteiger partial charge is 0.317 e. The van der Waals surface area contributed by atoms with Gasteiger partial charge in [-0.05, 0) is 44.0 Å². The molecule has 0 bridgehead atoms. The molecule has 6 heteroatoms. The SMILES string of the molecule is CCN1CCC[C@H](CNC(=O)N2CCN(c3cccnc3)CC2)C1. The van der Waals surface area contributed by atoms with E-state index in [0.29, 0.717) is 5.92 Å². The van der Waals surface area contributed by atoms with Crippen molar-refractivity contribution < 1.29 is 4.79 Å². The molecule has 132 valence electrons. The third kappa shape index (κ3) is 4.38. The Morgan fingerprint density at radius 1 is 1.29 bits per heavy atom. The van der Waals surface area contributed by atoms with E-state index in [1.807, 2.05) is 17.2 Å². The number of urea groups is 1. The van der Waals surface area contributed by atoms with Gasteiger partial charge in [0.2, 0.25) is 0 Å². The van der Waals surface area contributed by atoms with E-state index in [1.165, 1.54) is 19.4 Å². The lowest BCUT2D eigenvalue weighted by molar-refractivity contribution is 0.169. The number of hydrogen-bond acceptors (Lipinski definition) is 4. The quantitative estimate of drug-likeness (QED) is 0.911. The fourth-order valence-electron chi connectivity index (χ4n) is 3.66. The molecule has 24 heavy (non-hydrogen) atoms. The van der Waals surface area contributed by atoms with E-state index < -0.39 is 0 Å². The topological polar surface area (TPSA) is 51.7 Å². The fourth-order valence-corrected chi connectivity index (χ4v) is 3.66. The van der Waals surface area contributed by atoms with Crippen LogP contribution in [-0.2, 0) is 0 Å². The van der Waals surface area contributed by atoms with E-state index in [-0.39, 0.29) is 6.03 Å². The van der Waals surface area contributed by atoms with E-state index in [9.17, 15) is 4.79 Å². The van der Waals surface area contributed by atoms with Crippen LogP contribution in [0.25, 0.3) is 0 Å². The number of aromatic nitrogens is 1. The highest BCUT2D eigenvalue weighted by Gasteiger charge is 2.23. The minimum atomic E-state index is 0.0921.